The Morgan fingerprint density at radius 1 is 1.38 bits per heavy atom. The molecule has 0 radical (unpaired) electrons. The molecule has 0 aromatic rings. The predicted molar refractivity (Wildman–Crippen MR) is 64.4 cm³/mol. The molecule has 1 nitrogen and oxygen atoms in total. The first-order chi connectivity index (χ1) is 6.31. The molecule has 0 atom stereocenters. The van der Waals surface area contributed by atoms with Gasteiger partial charge in [0.2, 0.25) is 0 Å². The summed E-state index contributed by atoms with van der Waals surface area (Å²) in [6.07, 6.45) is 8.57. The van der Waals surface area contributed by atoms with Crippen molar-refractivity contribution in [2.75, 3.05) is 5.75 Å². The summed E-state index contributed by atoms with van der Waals surface area (Å²) >= 11 is 1.73. The van der Waals surface area contributed by atoms with Crippen LogP contribution in [0.3, 0.4) is 0 Å². The van der Waals surface area contributed by atoms with Gasteiger partial charge < -0.3 is 0 Å². The first-order valence-electron chi connectivity index (χ1n) is 4.78. The average Bonchev–Trinajstić information content (AvgIpc) is 2.14. The van der Waals surface area contributed by atoms with Crippen molar-refractivity contribution < 1.29 is 0 Å². The van der Waals surface area contributed by atoms with Gasteiger partial charge in [0.05, 0.1) is 5.03 Å². The van der Waals surface area contributed by atoms with Gasteiger partial charge in [0.25, 0.3) is 0 Å². The molecule has 13 heavy (non-hydrogen) atoms. The Balaban J connectivity index is 3.26. The molecular formula is C11H19NS. The van der Waals surface area contributed by atoms with Crippen molar-refractivity contribution in [3.05, 3.63) is 24.3 Å². The van der Waals surface area contributed by atoms with Crippen LogP contribution in [0.15, 0.2) is 29.3 Å². The highest BCUT2D eigenvalue weighted by atomic mass is 32.2. The average molecular weight is 197 g/mol. The fourth-order valence-corrected chi connectivity index (χ4v) is 1.61. The molecule has 0 aliphatic carbocycles. The molecule has 0 heterocycles. The molecule has 0 rings (SSSR count). The van der Waals surface area contributed by atoms with E-state index in [0.29, 0.717) is 0 Å². The lowest BCUT2D eigenvalue weighted by Crippen LogP contribution is -1.80. The molecular weight excluding hydrogens is 178 g/mol. The third-order valence-electron chi connectivity index (χ3n) is 1.59. The van der Waals surface area contributed by atoms with Crippen molar-refractivity contribution in [3.8, 4) is 0 Å². The summed E-state index contributed by atoms with van der Waals surface area (Å²) < 4.78 is 0. The molecule has 0 aromatic carbocycles. The van der Waals surface area contributed by atoms with Crippen molar-refractivity contribution in [1.29, 1.82) is 0 Å². The van der Waals surface area contributed by atoms with Gasteiger partial charge in [-0.15, -0.1) is 11.8 Å². The topological polar surface area (TPSA) is 12.4 Å². The van der Waals surface area contributed by atoms with E-state index in [0.717, 1.165) is 10.8 Å². The summed E-state index contributed by atoms with van der Waals surface area (Å²) in [7, 11) is 0. The van der Waals surface area contributed by atoms with Crippen LogP contribution in [0, 0.1) is 0 Å². The van der Waals surface area contributed by atoms with Gasteiger partial charge >= 0.3 is 0 Å². The molecule has 0 aliphatic heterocycles. The summed E-state index contributed by atoms with van der Waals surface area (Å²) in [5.74, 6) is 1.13. The molecule has 0 spiro atoms. The minimum Gasteiger partial charge on any atom is -0.251 e. The molecule has 0 bridgehead atoms. The summed E-state index contributed by atoms with van der Waals surface area (Å²) in [6.45, 7) is 9.60. The molecule has 0 unspecified atom stereocenters. The van der Waals surface area contributed by atoms with Crippen LogP contribution in [0.4, 0.5) is 0 Å². The van der Waals surface area contributed by atoms with Gasteiger partial charge in [-0.25, -0.2) is 0 Å². The van der Waals surface area contributed by atoms with Gasteiger partial charge in [-0.3, -0.25) is 4.99 Å². The summed E-state index contributed by atoms with van der Waals surface area (Å²) in [5, 5.41) is 0.886. The molecule has 0 saturated heterocycles. The maximum atomic E-state index is 4.09. The molecule has 2 heteroatoms. The third-order valence-corrected chi connectivity index (χ3v) is 2.52. The third kappa shape index (κ3) is 9.41. The number of unbranched alkanes of at least 4 members (excludes halogenated alkanes) is 3. The van der Waals surface area contributed by atoms with E-state index in [1.54, 1.807) is 24.1 Å². The number of allylic oxidation sites excluding steroid dienone is 1. The monoisotopic (exact) mass is 197 g/mol. The molecule has 74 valence electrons. The van der Waals surface area contributed by atoms with E-state index in [1.165, 1.54) is 25.7 Å². The van der Waals surface area contributed by atoms with Gasteiger partial charge in [-0.1, -0.05) is 45.4 Å². The molecule has 0 aromatic heterocycles. The van der Waals surface area contributed by atoms with E-state index in [4.69, 9.17) is 0 Å². The summed E-state index contributed by atoms with van der Waals surface area (Å²) in [5.41, 5.74) is 0. The number of hydrogen-bond donors (Lipinski definition) is 0. The largest absolute Gasteiger partial charge is 0.251 e. The van der Waals surface area contributed by atoms with E-state index < -0.39 is 0 Å². The van der Waals surface area contributed by atoms with Gasteiger partial charge in [-0.2, -0.15) is 0 Å². The lowest BCUT2D eigenvalue weighted by Gasteiger charge is -1.99. The fraction of sp³-hybridized carbons (Fsp3) is 0.545. The van der Waals surface area contributed by atoms with E-state index in [1.807, 2.05) is 0 Å². The summed E-state index contributed by atoms with van der Waals surface area (Å²) in [6, 6.07) is 0. The van der Waals surface area contributed by atoms with E-state index in [-0.39, 0.29) is 0 Å². The molecule has 0 amide bonds. The van der Waals surface area contributed by atoms with E-state index in [2.05, 4.69) is 25.1 Å². The van der Waals surface area contributed by atoms with Crippen molar-refractivity contribution in [2.45, 2.75) is 32.6 Å². The van der Waals surface area contributed by atoms with Crippen LogP contribution in [-0.2, 0) is 0 Å². The highest BCUT2D eigenvalue weighted by Gasteiger charge is 1.91. The van der Waals surface area contributed by atoms with Crippen LogP contribution in [0.1, 0.15) is 32.6 Å². The fourth-order valence-electron chi connectivity index (χ4n) is 0.892. The highest BCUT2D eigenvalue weighted by Crippen LogP contribution is 2.16. The van der Waals surface area contributed by atoms with Crippen LogP contribution in [0.25, 0.3) is 0 Å². The van der Waals surface area contributed by atoms with Gasteiger partial charge in [0.15, 0.2) is 0 Å². The van der Waals surface area contributed by atoms with Crippen molar-refractivity contribution in [2.24, 2.45) is 4.99 Å². The molecule has 0 N–H and O–H groups in total. The Labute approximate surface area is 86.0 Å². The Kier molecular flexibility index (Phi) is 9.22. The quantitative estimate of drug-likeness (QED) is 0.423. The minimum absolute atomic E-state index is 0.886. The second-order valence-electron chi connectivity index (χ2n) is 2.82. The van der Waals surface area contributed by atoms with Crippen LogP contribution >= 0.6 is 11.8 Å². The lowest BCUT2D eigenvalue weighted by atomic mass is 10.2. The highest BCUT2D eigenvalue weighted by molar-refractivity contribution is 8.03. The molecule has 0 saturated carbocycles. The molecule has 0 fully saturated rings. The van der Waals surface area contributed by atoms with Crippen LogP contribution in [0.2, 0.25) is 0 Å². The number of nitrogens with zero attached hydrogens (tertiary/aromatic N) is 1. The van der Waals surface area contributed by atoms with E-state index in [9.17, 15) is 0 Å². The Morgan fingerprint density at radius 2 is 2.15 bits per heavy atom. The van der Waals surface area contributed by atoms with Gasteiger partial charge in [-0.05, 0) is 12.2 Å². The maximum absolute atomic E-state index is 4.09. The Bertz CT molecular complexity index is 173. The van der Waals surface area contributed by atoms with E-state index >= 15 is 0 Å². The Morgan fingerprint density at radius 3 is 2.77 bits per heavy atom. The normalized spacial score (nSPS) is 10.5. The van der Waals surface area contributed by atoms with Crippen LogP contribution in [0.5, 0.6) is 0 Å². The van der Waals surface area contributed by atoms with Crippen molar-refractivity contribution in [3.63, 3.8) is 0 Å². The van der Waals surface area contributed by atoms with Crippen LogP contribution < -0.4 is 0 Å². The second kappa shape index (κ2) is 9.59. The first-order valence-corrected chi connectivity index (χ1v) is 5.76. The zero-order valence-electron chi connectivity index (χ0n) is 8.46. The summed E-state index contributed by atoms with van der Waals surface area (Å²) in [4.78, 5) is 4.09. The number of hydrogen-bond acceptors (Lipinski definition) is 2. The number of aliphatic imine (C=N–C) groups is 1. The standard InChI is InChI=1S/C11H19NS/c1-4-6-7-8-10-13-11(3)12-9-5-2/h5,9H,2-4,6-8,10H2,1H3/b12-9-. The van der Waals surface area contributed by atoms with Gasteiger partial charge in [0.1, 0.15) is 0 Å². The zero-order valence-corrected chi connectivity index (χ0v) is 9.28. The van der Waals surface area contributed by atoms with Crippen molar-refractivity contribution in [1.82, 2.24) is 0 Å². The zero-order chi connectivity index (χ0) is 9.94. The van der Waals surface area contributed by atoms with Gasteiger partial charge in [0, 0.05) is 6.21 Å². The first kappa shape index (κ1) is 12.5. The SMILES string of the molecule is C=C/C=N\C(=C)SCCCCCC. The minimum atomic E-state index is 0.886. The smallest absolute Gasteiger partial charge is 0.0887 e. The Hall–Kier alpha value is -0.500. The maximum Gasteiger partial charge on any atom is 0.0887 e. The second-order valence-corrected chi connectivity index (χ2v) is 3.98. The predicted octanol–water partition coefficient (Wildman–Crippen LogP) is 4.03. The van der Waals surface area contributed by atoms with Crippen LogP contribution in [-0.4, -0.2) is 12.0 Å². The lowest BCUT2D eigenvalue weighted by molar-refractivity contribution is 0.707. The van der Waals surface area contributed by atoms with Crippen molar-refractivity contribution >= 4 is 18.0 Å². The number of rotatable bonds is 8. The molecule has 0 aliphatic rings. The number of thioether (sulfide) groups is 1.